The molecule has 1 rings (SSSR count). The molecule has 0 radical (unpaired) electrons. The maximum absolute atomic E-state index is 8.55. The fraction of sp³-hybridized carbons (Fsp3) is 0.300. The van der Waals surface area contributed by atoms with Crippen molar-refractivity contribution in [2.24, 2.45) is 0 Å². The number of nitrogens with zero attached hydrogens (tertiary/aromatic N) is 1. The van der Waals surface area contributed by atoms with Gasteiger partial charge >= 0.3 is 0 Å². The van der Waals surface area contributed by atoms with Crippen LogP contribution >= 0.6 is 11.8 Å². The van der Waals surface area contributed by atoms with Crippen LogP contribution in [0.4, 0.5) is 0 Å². The van der Waals surface area contributed by atoms with Crippen molar-refractivity contribution in [1.82, 2.24) is 0 Å². The summed E-state index contributed by atoms with van der Waals surface area (Å²) in [6.07, 6.45) is 0. The van der Waals surface area contributed by atoms with Gasteiger partial charge in [-0.05, 0) is 24.3 Å². The lowest BCUT2D eigenvalue weighted by Gasteiger charge is -2.03. The van der Waals surface area contributed by atoms with Gasteiger partial charge in [0.25, 0.3) is 0 Å². The molecule has 1 aromatic carbocycles. The molecule has 0 aliphatic carbocycles. The first-order valence-electron chi connectivity index (χ1n) is 3.89. The number of rotatable bonds is 2. The maximum atomic E-state index is 8.55. The molecule has 0 aromatic heterocycles. The second kappa shape index (κ2) is 4.18. The Hall–Kier alpha value is -0.940. The molecule has 0 heterocycles. The Morgan fingerprint density at radius 2 is 1.83 bits per heavy atom. The van der Waals surface area contributed by atoms with Crippen LogP contribution < -0.4 is 0 Å². The van der Waals surface area contributed by atoms with Crippen molar-refractivity contribution in [2.45, 2.75) is 24.0 Å². The third-order valence-electron chi connectivity index (χ3n) is 1.36. The third-order valence-corrected chi connectivity index (χ3v) is 2.37. The van der Waals surface area contributed by atoms with E-state index >= 15 is 0 Å². The molecule has 1 nitrogen and oxygen atoms in total. The standard InChI is InChI=1S/C10H11NS/c1-8(2)12-10-5-3-9(7-11)4-6-10/h3-6,8H,1-2H3. The summed E-state index contributed by atoms with van der Waals surface area (Å²) < 4.78 is 0. The molecule has 62 valence electrons. The van der Waals surface area contributed by atoms with Gasteiger partial charge in [-0.1, -0.05) is 13.8 Å². The van der Waals surface area contributed by atoms with Crippen molar-refractivity contribution in [3.8, 4) is 6.07 Å². The molecule has 0 saturated carbocycles. The predicted octanol–water partition coefficient (Wildman–Crippen LogP) is 3.06. The molecule has 1 aromatic rings. The van der Waals surface area contributed by atoms with Crippen LogP contribution in [0.1, 0.15) is 19.4 Å². The smallest absolute Gasteiger partial charge is 0.0991 e. The molecule has 0 N–H and O–H groups in total. The summed E-state index contributed by atoms with van der Waals surface area (Å²) in [5.41, 5.74) is 0.725. The van der Waals surface area contributed by atoms with E-state index in [1.54, 1.807) is 0 Å². The van der Waals surface area contributed by atoms with Crippen molar-refractivity contribution in [3.05, 3.63) is 29.8 Å². The van der Waals surface area contributed by atoms with Crippen LogP contribution in [0.3, 0.4) is 0 Å². The number of thioether (sulfide) groups is 1. The Labute approximate surface area is 77.4 Å². The quantitative estimate of drug-likeness (QED) is 0.648. The highest BCUT2D eigenvalue weighted by molar-refractivity contribution is 7.99. The minimum atomic E-state index is 0.595. The predicted molar refractivity (Wildman–Crippen MR) is 52.2 cm³/mol. The van der Waals surface area contributed by atoms with E-state index < -0.39 is 0 Å². The molecular formula is C10H11NS. The van der Waals surface area contributed by atoms with Gasteiger partial charge in [0.2, 0.25) is 0 Å². The highest BCUT2D eigenvalue weighted by Gasteiger charge is 1.97. The number of nitriles is 1. The summed E-state index contributed by atoms with van der Waals surface area (Å²) in [4.78, 5) is 1.23. The fourth-order valence-corrected chi connectivity index (χ4v) is 1.72. The van der Waals surface area contributed by atoms with Crippen LogP contribution in [0.25, 0.3) is 0 Å². The highest BCUT2D eigenvalue weighted by atomic mass is 32.2. The van der Waals surface area contributed by atoms with Crippen LogP contribution in [0.15, 0.2) is 29.2 Å². The normalized spacial score (nSPS) is 9.83. The molecule has 0 saturated heterocycles. The molecule has 0 fully saturated rings. The van der Waals surface area contributed by atoms with Gasteiger partial charge in [0.15, 0.2) is 0 Å². The molecule has 0 amide bonds. The number of benzene rings is 1. The van der Waals surface area contributed by atoms with Crippen LogP contribution in [0.2, 0.25) is 0 Å². The van der Waals surface area contributed by atoms with Crippen LogP contribution in [0, 0.1) is 11.3 Å². The van der Waals surface area contributed by atoms with Crippen LogP contribution in [-0.2, 0) is 0 Å². The Kier molecular flexibility index (Phi) is 3.19. The lowest BCUT2D eigenvalue weighted by atomic mass is 10.2. The average Bonchev–Trinajstić information content (AvgIpc) is 2.05. The molecule has 12 heavy (non-hydrogen) atoms. The molecule has 0 bridgehead atoms. The molecular weight excluding hydrogens is 166 g/mol. The lowest BCUT2D eigenvalue weighted by molar-refractivity contribution is 1.11. The van der Waals surface area contributed by atoms with Crippen molar-refractivity contribution >= 4 is 11.8 Å². The minimum absolute atomic E-state index is 0.595. The molecule has 2 heteroatoms. The highest BCUT2D eigenvalue weighted by Crippen LogP contribution is 2.22. The van der Waals surface area contributed by atoms with Crippen molar-refractivity contribution in [2.75, 3.05) is 0 Å². The number of hydrogen-bond donors (Lipinski definition) is 0. The molecule has 0 spiro atoms. The molecule has 0 aliphatic rings. The van der Waals surface area contributed by atoms with E-state index in [9.17, 15) is 0 Å². The van der Waals surface area contributed by atoms with E-state index in [0.29, 0.717) is 5.25 Å². The van der Waals surface area contributed by atoms with Gasteiger partial charge in [-0.15, -0.1) is 11.8 Å². The average molecular weight is 177 g/mol. The lowest BCUT2D eigenvalue weighted by Crippen LogP contribution is -1.85. The minimum Gasteiger partial charge on any atom is -0.192 e. The summed E-state index contributed by atoms with van der Waals surface area (Å²) in [6, 6.07) is 9.78. The van der Waals surface area contributed by atoms with E-state index in [1.807, 2.05) is 36.0 Å². The van der Waals surface area contributed by atoms with Crippen LogP contribution in [0.5, 0.6) is 0 Å². The van der Waals surface area contributed by atoms with Crippen molar-refractivity contribution in [3.63, 3.8) is 0 Å². The van der Waals surface area contributed by atoms with E-state index in [4.69, 9.17) is 5.26 Å². The second-order valence-electron chi connectivity index (χ2n) is 2.80. The molecule has 0 aliphatic heterocycles. The van der Waals surface area contributed by atoms with E-state index in [-0.39, 0.29) is 0 Å². The van der Waals surface area contributed by atoms with E-state index in [2.05, 4.69) is 19.9 Å². The Balaban J connectivity index is 2.73. The Bertz CT molecular complexity index is 282. The van der Waals surface area contributed by atoms with Gasteiger partial charge in [0.05, 0.1) is 11.6 Å². The number of hydrogen-bond acceptors (Lipinski definition) is 2. The summed E-state index contributed by atoms with van der Waals surface area (Å²) in [6.45, 7) is 4.31. The van der Waals surface area contributed by atoms with Gasteiger partial charge in [-0.25, -0.2) is 0 Å². The topological polar surface area (TPSA) is 23.8 Å². The molecule has 0 atom stereocenters. The van der Waals surface area contributed by atoms with Gasteiger partial charge in [0.1, 0.15) is 0 Å². The van der Waals surface area contributed by atoms with Crippen molar-refractivity contribution < 1.29 is 0 Å². The summed E-state index contributed by atoms with van der Waals surface area (Å²) in [7, 11) is 0. The zero-order valence-corrected chi connectivity index (χ0v) is 8.06. The SMILES string of the molecule is CC(C)Sc1ccc(C#N)cc1. The monoisotopic (exact) mass is 177 g/mol. The van der Waals surface area contributed by atoms with Gasteiger partial charge in [-0.3, -0.25) is 0 Å². The fourth-order valence-electron chi connectivity index (χ4n) is 0.880. The van der Waals surface area contributed by atoms with E-state index in [0.717, 1.165) is 5.56 Å². The maximum Gasteiger partial charge on any atom is 0.0991 e. The first-order valence-corrected chi connectivity index (χ1v) is 4.77. The Morgan fingerprint density at radius 1 is 1.25 bits per heavy atom. The van der Waals surface area contributed by atoms with Crippen molar-refractivity contribution in [1.29, 1.82) is 5.26 Å². The summed E-state index contributed by atoms with van der Waals surface area (Å²) >= 11 is 1.81. The first kappa shape index (κ1) is 9.15. The summed E-state index contributed by atoms with van der Waals surface area (Å²) in [5, 5.41) is 9.15. The van der Waals surface area contributed by atoms with Gasteiger partial charge in [0, 0.05) is 10.1 Å². The van der Waals surface area contributed by atoms with E-state index in [1.165, 1.54) is 4.90 Å². The zero-order chi connectivity index (χ0) is 8.97. The first-order chi connectivity index (χ1) is 5.72. The third kappa shape index (κ3) is 2.60. The largest absolute Gasteiger partial charge is 0.192 e. The zero-order valence-electron chi connectivity index (χ0n) is 7.24. The Morgan fingerprint density at radius 3 is 2.25 bits per heavy atom. The second-order valence-corrected chi connectivity index (χ2v) is 4.45. The van der Waals surface area contributed by atoms with Crippen LogP contribution in [-0.4, -0.2) is 5.25 Å². The van der Waals surface area contributed by atoms with Gasteiger partial charge in [-0.2, -0.15) is 5.26 Å². The molecule has 0 unspecified atom stereocenters. The summed E-state index contributed by atoms with van der Waals surface area (Å²) in [5.74, 6) is 0. The van der Waals surface area contributed by atoms with Gasteiger partial charge < -0.3 is 0 Å².